The van der Waals surface area contributed by atoms with Gasteiger partial charge in [-0.3, -0.25) is 15.0 Å². The Bertz CT molecular complexity index is 1310. The molecule has 0 bridgehead atoms. The molecule has 0 radical (unpaired) electrons. The summed E-state index contributed by atoms with van der Waals surface area (Å²) in [5.74, 6) is -0.118. The Morgan fingerprint density at radius 3 is 2.65 bits per heavy atom. The van der Waals surface area contributed by atoms with E-state index in [2.05, 4.69) is 10.3 Å². The number of benzene rings is 2. The summed E-state index contributed by atoms with van der Waals surface area (Å²) in [7, 11) is -2.00. The molecule has 9 nitrogen and oxygen atoms in total. The number of anilines is 1. The lowest BCUT2D eigenvalue weighted by Crippen LogP contribution is -2.40. The molecule has 1 fully saturated rings. The number of aryl methyl sites for hydroxylation is 1. The molecular weight excluding hydrogens is 492 g/mol. The zero-order valence-corrected chi connectivity index (χ0v) is 22.4. The highest BCUT2D eigenvalue weighted by atomic mass is 32.2. The van der Waals surface area contributed by atoms with Crippen molar-refractivity contribution in [1.82, 2.24) is 14.2 Å². The molecule has 1 amide bonds. The van der Waals surface area contributed by atoms with Crippen LogP contribution in [0.1, 0.15) is 38.7 Å². The Morgan fingerprint density at radius 2 is 1.97 bits per heavy atom. The van der Waals surface area contributed by atoms with Crippen LogP contribution in [0.15, 0.2) is 57.8 Å². The molecule has 0 spiro atoms. The van der Waals surface area contributed by atoms with Crippen molar-refractivity contribution in [3.05, 3.63) is 54.1 Å². The standard InChI is InChI=1S/C27H36N4O5S/c1-19(2)17-31(18-21(32)12-11-20-8-5-4-6-9-20)37(34,35)22-13-14-23-25(16-22)36-27(28-23)29-26(33)24-10-7-15-30(24)3/h4-6,8-9,13-14,16,19,21,24,32H,7,10-12,15,17-18H2,1-3H3,(H,28,29,33). The van der Waals surface area contributed by atoms with Crippen LogP contribution >= 0.6 is 0 Å². The van der Waals surface area contributed by atoms with Crippen LogP contribution in [-0.2, 0) is 21.2 Å². The molecule has 10 heteroatoms. The lowest BCUT2D eigenvalue weighted by Gasteiger charge is -2.26. The molecule has 4 rings (SSSR count). The predicted octanol–water partition coefficient (Wildman–Crippen LogP) is 3.50. The highest BCUT2D eigenvalue weighted by Gasteiger charge is 2.30. The van der Waals surface area contributed by atoms with Gasteiger partial charge in [-0.1, -0.05) is 44.2 Å². The maximum atomic E-state index is 13.6. The van der Waals surface area contributed by atoms with Gasteiger partial charge in [0.2, 0.25) is 15.9 Å². The van der Waals surface area contributed by atoms with E-state index in [4.69, 9.17) is 4.42 Å². The second-order valence-electron chi connectivity index (χ2n) is 10.2. The molecule has 37 heavy (non-hydrogen) atoms. The highest BCUT2D eigenvalue weighted by Crippen LogP contribution is 2.26. The monoisotopic (exact) mass is 528 g/mol. The summed E-state index contributed by atoms with van der Waals surface area (Å²) in [6, 6.07) is 14.1. The molecule has 2 heterocycles. The van der Waals surface area contributed by atoms with Gasteiger partial charge in [0.15, 0.2) is 5.58 Å². The van der Waals surface area contributed by atoms with E-state index < -0.39 is 16.1 Å². The summed E-state index contributed by atoms with van der Waals surface area (Å²) in [6.07, 6.45) is 2.03. The Hall–Kier alpha value is -2.79. The number of nitrogens with zero attached hydrogens (tertiary/aromatic N) is 3. The third-order valence-corrected chi connectivity index (χ3v) is 8.47. The number of aromatic nitrogens is 1. The average Bonchev–Trinajstić information content (AvgIpc) is 3.47. The van der Waals surface area contributed by atoms with E-state index in [1.807, 2.05) is 56.1 Å². The highest BCUT2D eigenvalue weighted by molar-refractivity contribution is 7.89. The molecule has 0 aliphatic carbocycles. The van der Waals surface area contributed by atoms with Crippen LogP contribution in [-0.4, -0.2) is 72.4 Å². The van der Waals surface area contributed by atoms with Crippen molar-refractivity contribution in [2.45, 2.75) is 56.6 Å². The number of likely N-dealkylation sites (N-methyl/N-ethyl adjacent to an activating group) is 1. The van der Waals surface area contributed by atoms with Gasteiger partial charge >= 0.3 is 6.01 Å². The van der Waals surface area contributed by atoms with Crippen LogP contribution < -0.4 is 5.32 Å². The quantitative estimate of drug-likeness (QED) is 0.391. The van der Waals surface area contributed by atoms with Crippen molar-refractivity contribution in [3.8, 4) is 0 Å². The molecule has 2 unspecified atom stereocenters. The van der Waals surface area contributed by atoms with E-state index in [-0.39, 0.29) is 47.4 Å². The van der Waals surface area contributed by atoms with Crippen molar-refractivity contribution < 1.29 is 22.7 Å². The SMILES string of the molecule is CC(C)CN(CC(O)CCc1ccccc1)S(=O)(=O)c1ccc2nc(NC(=O)C3CCCN3C)oc2c1. The summed E-state index contributed by atoms with van der Waals surface area (Å²) >= 11 is 0. The lowest BCUT2D eigenvalue weighted by atomic mass is 10.1. The zero-order chi connectivity index (χ0) is 26.6. The number of nitrogens with one attached hydrogen (secondary N) is 1. The second kappa shape index (κ2) is 11.7. The molecule has 2 N–H and O–H groups in total. The molecule has 0 saturated carbocycles. The molecule has 2 atom stereocenters. The number of oxazole rings is 1. The van der Waals surface area contributed by atoms with Crippen molar-refractivity contribution in [3.63, 3.8) is 0 Å². The summed E-state index contributed by atoms with van der Waals surface area (Å²) in [4.78, 5) is 18.9. The van der Waals surface area contributed by atoms with Crippen LogP contribution in [0.2, 0.25) is 0 Å². The van der Waals surface area contributed by atoms with E-state index >= 15 is 0 Å². The van der Waals surface area contributed by atoms with Gasteiger partial charge in [0, 0.05) is 19.2 Å². The molecule has 1 aliphatic heterocycles. The molecular formula is C27H36N4O5S. The first-order valence-electron chi connectivity index (χ1n) is 12.8. The molecule has 1 saturated heterocycles. The van der Waals surface area contributed by atoms with Gasteiger partial charge < -0.3 is 9.52 Å². The van der Waals surface area contributed by atoms with E-state index in [0.29, 0.717) is 18.4 Å². The van der Waals surface area contributed by atoms with E-state index in [0.717, 1.165) is 24.9 Å². The fraction of sp³-hybridized carbons (Fsp3) is 0.481. The van der Waals surface area contributed by atoms with Crippen LogP contribution in [0.25, 0.3) is 11.1 Å². The maximum Gasteiger partial charge on any atom is 0.302 e. The van der Waals surface area contributed by atoms with Crippen molar-refractivity contribution in [1.29, 1.82) is 0 Å². The minimum Gasteiger partial charge on any atom is -0.423 e. The fourth-order valence-corrected chi connectivity index (χ4v) is 6.34. The van der Waals surface area contributed by atoms with E-state index in [9.17, 15) is 18.3 Å². The summed E-state index contributed by atoms with van der Waals surface area (Å²) in [5.41, 5.74) is 1.82. The molecule has 1 aliphatic rings. The first-order chi connectivity index (χ1) is 17.6. The third-order valence-electron chi connectivity index (χ3n) is 6.64. The van der Waals surface area contributed by atoms with Gasteiger partial charge in [-0.2, -0.15) is 9.29 Å². The van der Waals surface area contributed by atoms with Gasteiger partial charge in [0.1, 0.15) is 5.52 Å². The number of aliphatic hydroxyl groups excluding tert-OH is 1. The van der Waals surface area contributed by atoms with Gasteiger partial charge in [0.05, 0.1) is 17.0 Å². The van der Waals surface area contributed by atoms with E-state index in [1.165, 1.54) is 16.4 Å². The number of hydrogen-bond donors (Lipinski definition) is 2. The van der Waals surface area contributed by atoms with Gasteiger partial charge in [-0.15, -0.1) is 0 Å². The van der Waals surface area contributed by atoms with Gasteiger partial charge in [-0.05, 0) is 62.9 Å². The van der Waals surface area contributed by atoms with Crippen LogP contribution in [0.5, 0.6) is 0 Å². The van der Waals surface area contributed by atoms with E-state index in [1.54, 1.807) is 6.07 Å². The smallest absolute Gasteiger partial charge is 0.302 e. The van der Waals surface area contributed by atoms with Gasteiger partial charge in [0.25, 0.3) is 0 Å². The maximum absolute atomic E-state index is 13.6. The minimum atomic E-state index is -3.91. The number of carbonyl (C=O) groups excluding carboxylic acids is 1. The van der Waals surface area contributed by atoms with Crippen molar-refractivity contribution in [2.75, 3.05) is 32.0 Å². The van der Waals surface area contributed by atoms with Crippen molar-refractivity contribution in [2.24, 2.45) is 5.92 Å². The first-order valence-corrected chi connectivity index (χ1v) is 14.2. The number of hydrogen-bond acceptors (Lipinski definition) is 7. The average molecular weight is 529 g/mol. The van der Waals surface area contributed by atoms with Gasteiger partial charge in [-0.25, -0.2) is 8.42 Å². The number of sulfonamides is 1. The summed E-state index contributed by atoms with van der Waals surface area (Å²) < 4.78 is 34.2. The number of rotatable bonds is 11. The Kier molecular flexibility index (Phi) is 8.63. The Morgan fingerprint density at radius 1 is 1.22 bits per heavy atom. The number of fused-ring (bicyclic) bond motifs is 1. The number of aliphatic hydroxyl groups is 1. The topological polar surface area (TPSA) is 116 Å². The van der Waals surface area contributed by atoms with Crippen molar-refractivity contribution >= 4 is 33.0 Å². The number of amides is 1. The molecule has 2 aromatic carbocycles. The Labute approximate surface area is 218 Å². The third kappa shape index (κ3) is 6.75. The summed E-state index contributed by atoms with van der Waals surface area (Å²) in [6.45, 7) is 5.01. The lowest BCUT2D eigenvalue weighted by molar-refractivity contribution is -0.120. The van der Waals surface area contributed by atoms with Crippen LogP contribution in [0.4, 0.5) is 6.01 Å². The minimum absolute atomic E-state index is 0.00198. The summed E-state index contributed by atoms with van der Waals surface area (Å²) in [5, 5.41) is 13.4. The molecule has 1 aromatic heterocycles. The molecule has 200 valence electrons. The number of carbonyl (C=O) groups is 1. The van der Waals surface area contributed by atoms with Crippen LogP contribution in [0.3, 0.4) is 0 Å². The second-order valence-corrected chi connectivity index (χ2v) is 12.1. The fourth-order valence-electron chi connectivity index (χ4n) is 4.68. The van der Waals surface area contributed by atoms with Crippen LogP contribution in [0, 0.1) is 5.92 Å². The molecule has 3 aromatic rings. The first kappa shape index (κ1) is 27.3. The number of likely N-dealkylation sites (tertiary alicyclic amines) is 1. The Balaban J connectivity index is 1.49. The normalized spacial score (nSPS) is 17.6. The zero-order valence-electron chi connectivity index (χ0n) is 21.6. The predicted molar refractivity (Wildman–Crippen MR) is 143 cm³/mol. The largest absolute Gasteiger partial charge is 0.423 e.